The van der Waals surface area contributed by atoms with Crippen molar-refractivity contribution in [3.05, 3.63) is 46.7 Å². The fourth-order valence-corrected chi connectivity index (χ4v) is 6.53. The lowest BCUT2D eigenvalue weighted by Gasteiger charge is -2.32. The van der Waals surface area contributed by atoms with E-state index in [0.29, 0.717) is 25.2 Å². The summed E-state index contributed by atoms with van der Waals surface area (Å²) in [6, 6.07) is 6.56. The quantitative estimate of drug-likeness (QED) is 0.184. The third-order valence-corrected chi connectivity index (χ3v) is 9.20. The Balaban J connectivity index is 1.56. The average molecular weight is 803 g/mol. The van der Waals surface area contributed by atoms with Crippen LogP contribution in [0, 0.1) is 0 Å². The fraction of sp³-hybridized carbons (Fsp3) is 0.500. The average Bonchev–Trinajstić information content (AvgIpc) is 3.79. The second kappa shape index (κ2) is 17.0. The number of hydrogen-bond acceptors (Lipinski definition) is 12. The van der Waals surface area contributed by atoms with E-state index in [1.165, 1.54) is 55.3 Å². The van der Waals surface area contributed by atoms with E-state index < -0.39 is 35.5 Å². The van der Waals surface area contributed by atoms with Gasteiger partial charge in [0, 0.05) is 30.8 Å². The number of rotatable bonds is 11. The summed E-state index contributed by atoms with van der Waals surface area (Å²) < 4.78 is 28.4. The smallest absolute Gasteiger partial charge is 0.423 e. The number of methoxy groups -OCH3 is 2. The molecule has 0 unspecified atom stereocenters. The van der Waals surface area contributed by atoms with Crippen molar-refractivity contribution < 1.29 is 38.1 Å². The minimum absolute atomic E-state index is 0.0371. The number of urea groups is 1. The molecule has 0 radical (unpaired) electrons. The second-order valence-corrected chi connectivity index (χ2v) is 15.9. The number of hydrogen-bond donors (Lipinski definition) is 1. The van der Waals surface area contributed by atoms with Gasteiger partial charge in [0.1, 0.15) is 68.8 Å². The van der Waals surface area contributed by atoms with Crippen LogP contribution < -0.4 is 34.6 Å². The molecule has 2 aromatic carbocycles. The van der Waals surface area contributed by atoms with Crippen molar-refractivity contribution in [2.45, 2.75) is 84.5 Å². The predicted molar refractivity (Wildman–Crippen MR) is 212 cm³/mol. The monoisotopic (exact) mass is 801 g/mol. The van der Waals surface area contributed by atoms with Crippen LogP contribution in [0.15, 0.2) is 36.7 Å². The molecule has 1 saturated carbocycles. The molecule has 2 aliphatic rings. The number of nitrogen functional groups attached to an aromatic ring is 1. The van der Waals surface area contributed by atoms with Crippen LogP contribution in [0.4, 0.5) is 43.1 Å². The number of ether oxygens (including phenoxy) is 5. The number of amides is 4. The van der Waals surface area contributed by atoms with Gasteiger partial charge in [-0.25, -0.2) is 29.3 Å². The molecule has 2 fully saturated rings. The summed E-state index contributed by atoms with van der Waals surface area (Å²) in [7, 11) is 2.74. The van der Waals surface area contributed by atoms with Crippen LogP contribution in [0.25, 0.3) is 0 Å². The van der Waals surface area contributed by atoms with Crippen molar-refractivity contribution in [2.75, 3.05) is 60.9 Å². The zero-order valence-corrected chi connectivity index (χ0v) is 34.0. The van der Waals surface area contributed by atoms with Crippen LogP contribution >= 0.6 is 23.2 Å². The molecule has 1 aromatic heterocycles. The van der Waals surface area contributed by atoms with E-state index in [0.717, 1.165) is 24.5 Å². The summed E-state index contributed by atoms with van der Waals surface area (Å²) >= 11 is 13.5. The Kier molecular flexibility index (Phi) is 12.8. The van der Waals surface area contributed by atoms with Crippen LogP contribution in [0.1, 0.15) is 67.2 Å². The van der Waals surface area contributed by atoms with Crippen molar-refractivity contribution in [2.24, 2.45) is 0 Å². The Hall–Kier alpha value is -4.73. The van der Waals surface area contributed by atoms with E-state index in [1.54, 1.807) is 59.7 Å². The van der Waals surface area contributed by atoms with Crippen LogP contribution in [0.2, 0.25) is 10.0 Å². The van der Waals surface area contributed by atoms with Crippen molar-refractivity contribution in [3.8, 4) is 17.2 Å². The molecule has 5 rings (SSSR count). The summed E-state index contributed by atoms with van der Waals surface area (Å²) in [5.74, 6) is 0.815. The molecule has 1 aliphatic carbocycles. The number of carbonyl (C=O) groups is 3. The zero-order chi connectivity index (χ0) is 40.2. The van der Waals surface area contributed by atoms with Gasteiger partial charge in [0.15, 0.2) is 0 Å². The molecule has 1 saturated heterocycles. The number of anilines is 5. The number of imide groups is 1. The van der Waals surface area contributed by atoms with Gasteiger partial charge in [-0.3, -0.25) is 9.80 Å². The second-order valence-electron chi connectivity index (χ2n) is 15.1. The summed E-state index contributed by atoms with van der Waals surface area (Å²) in [5.41, 5.74) is 4.91. The zero-order valence-electron chi connectivity index (χ0n) is 32.5. The Morgan fingerprint density at radius 3 is 1.98 bits per heavy atom. The highest BCUT2D eigenvalue weighted by Gasteiger charge is 2.43. The normalized spacial score (nSPS) is 14.6. The maximum absolute atomic E-state index is 14.8. The first-order valence-corrected chi connectivity index (χ1v) is 18.7. The molecule has 3 aromatic rings. The lowest BCUT2D eigenvalue weighted by Crippen LogP contribution is -2.50. The first kappa shape index (κ1) is 41.4. The Morgan fingerprint density at radius 2 is 1.44 bits per heavy atom. The number of aromatic nitrogens is 2. The van der Waals surface area contributed by atoms with Crippen molar-refractivity contribution >= 4 is 70.1 Å². The van der Waals surface area contributed by atoms with Gasteiger partial charge in [-0.05, 0) is 92.4 Å². The topological polar surface area (TPSA) is 162 Å². The minimum Gasteiger partial charge on any atom is -0.495 e. The number of carbonyl (C=O) groups excluding carboxylic acids is 3. The maximum Gasteiger partial charge on any atom is 0.423 e. The van der Waals surface area contributed by atoms with Gasteiger partial charge >= 0.3 is 18.2 Å². The molecule has 55 heavy (non-hydrogen) atoms. The van der Waals surface area contributed by atoms with Crippen molar-refractivity contribution in [1.82, 2.24) is 14.9 Å². The van der Waals surface area contributed by atoms with Crippen LogP contribution in [0.5, 0.6) is 17.2 Å². The summed E-state index contributed by atoms with van der Waals surface area (Å²) in [4.78, 5) is 57.2. The lowest BCUT2D eigenvalue weighted by atomic mass is 10.2. The van der Waals surface area contributed by atoms with Gasteiger partial charge in [0.25, 0.3) is 0 Å². The number of likely N-dealkylation sites (tertiary alicyclic amines) is 1. The van der Waals surface area contributed by atoms with Crippen LogP contribution in [-0.4, -0.2) is 90.8 Å². The molecule has 17 heteroatoms. The molecule has 0 spiro atoms. The molecule has 0 bridgehead atoms. The summed E-state index contributed by atoms with van der Waals surface area (Å²) in [6.45, 7) is 13.5. The largest absolute Gasteiger partial charge is 0.495 e. The molecular formula is C38H49Cl2N7O8. The Labute approximate surface area is 331 Å². The number of nitrogens with two attached hydrogens (primary N) is 1. The molecule has 0 atom stereocenters. The van der Waals surface area contributed by atoms with Crippen molar-refractivity contribution in [3.63, 3.8) is 0 Å². The highest BCUT2D eigenvalue weighted by molar-refractivity contribution is 6.43. The number of nitrogens with zero attached hydrogens (tertiary/aromatic N) is 6. The van der Waals surface area contributed by atoms with Crippen LogP contribution in [-0.2, 0) is 9.47 Å². The van der Waals surface area contributed by atoms with Gasteiger partial charge in [-0.15, -0.1) is 0 Å². The van der Waals surface area contributed by atoms with E-state index >= 15 is 0 Å². The van der Waals surface area contributed by atoms with E-state index in [9.17, 15) is 14.4 Å². The maximum atomic E-state index is 14.8. The number of halogens is 2. The molecule has 298 valence electrons. The highest BCUT2D eigenvalue weighted by Crippen LogP contribution is 2.47. The Bertz CT molecular complexity index is 1860. The Morgan fingerprint density at radius 1 is 0.855 bits per heavy atom. The molecule has 15 nitrogen and oxygen atoms in total. The van der Waals surface area contributed by atoms with Gasteiger partial charge in [-0.2, -0.15) is 4.90 Å². The first-order valence-electron chi connectivity index (χ1n) is 18.0. The fourth-order valence-electron chi connectivity index (χ4n) is 5.86. The number of benzene rings is 2. The van der Waals surface area contributed by atoms with E-state index in [-0.39, 0.29) is 50.2 Å². The van der Waals surface area contributed by atoms with E-state index in [2.05, 4.69) is 14.9 Å². The molecule has 4 amide bonds. The van der Waals surface area contributed by atoms with Gasteiger partial charge in [0.2, 0.25) is 0 Å². The molecular weight excluding hydrogens is 753 g/mol. The minimum atomic E-state index is -1.07. The predicted octanol–water partition coefficient (Wildman–Crippen LogP) is 8.46. The highest BCUT2D eigenvalue weighted by atomic mass is 35.5. The first-order chi connectivity index (χ1) is 25.9. The van der Waals surface area contributed by atoms with Gasteiger partial charge < -0.3 is 29.4 Å². The third kappa shape index (κ3) is 10.1. The summed E-state index contributed by atoms with van der Waals surface area (Å²) in [6.07, 6.45) is 2.87. The van der Waals surface area contributed by atoms with Crippen molar-refractivity contribution in [1.29, 1.82) is 0 Å². The molecule has 2 heterocycles. The lowest BCUT2D eigenvalue weighted by molar-refractivity contribution is 0.0584. The molecule has 2 N–H and O–H groups in total. The van der Waals surface area contributed by atoms with E-state index in [4.69, 9.17) is 52.6 Å². The third-order valence-electron chi connectivity index (χ3n) is 8.46. The summed E-state index contributed by atoms with van der Waals surface area (Å²) in [5, 5.41) is -0.275. The SMILES string of the molecule is COc1cc(OC)c(Cl)c(N(C(=O)OC(C)(C)C)C(=O)N(c2cc(N(C(=O)OC(C)(C)C)c3ccc(OCCN4CCCC4)cc3N)ncn2)C2CC2)c1Cl. The van der Waals surface area contributed by atoms with Gasteiger partial charge in [0.05, 0.1) is 25.6 Å². The molecule has 1 aliphatic heterocycles. The standard InChI is InChI=1S/C38H49Cl2N7O8/c1-37(2,3)54-35(49)46(26-14-13-24(19-25(26)41)53-18-17-44-15-9-10-16-44)30-21-29(42-22-43-30)45(23-11-12-23)34(48)47(36(50)55-38(4,5)6)33-31(39)27(51-7)20-28(52-8)32(33)40/h13-14,19-23H,9-12,15-18,41H2,1-8H3. The van der Waals surface area contributed by atoms with Crippen LogP contribution in [0.3, 0.4) is 0 Å². The van der Waals surface area contributed by atoms with E-state index in [1.807, 2.05) is 0 Å². The van der Waals surface area contributed by atoms with Gasteiger partial charge in [-0.1, -0.05) is 23.2 Å².